The molecular weight excluding hydrogens is 284 g/mol. The molecule has 0 saturated heterocycles. The van der Waals surface area contributed by atoms with Crippen LogP contribution in [0.3, 0.4) is 0 Å². The molecule has 118 valence electrons. The molecule has 0 bridgehead atoms. The van der Waals surface area contributed by atoms with Gasteiger partial charge in [0.2, 0.25) is 0 Å². The highest BCUT2D eigenvalue weighted by atomic mass is 32.1. The molecule has 21 heavy (non-hydrogen) atoms. The molecule has 1 heterocycles. The van der Waals surface area contributed by atoms with Gasteiger partial charge >= 0.3 is 5.97 Å². The van der Waals surface area contributed by atoms with Crippen LogP contribution in [0.5, 0.6) is 0 Å². The zero-order chi connectivity index (χ0) is 15.3. The molecular formula is C17H26O3S. The van der Waals surface area contributed by atoms with Crippen molar-refractivity contribution in [3.63, 3.8) is 0 Å². The largest absolute Gasteiger partial charge is 0.477 e. The first-order valence-corrected chi connectivity index (χ1v) is 8.81. The highest BCUT2D eigenvalue weighted by Crippen LogP contribution is 2.19. The number of aldehydes is 1. The van der Waals surface area contributed by atoms with Gasteiger partial charge in [-0.15, -0.1) is 11.3 Å². The second kappa shape index (κ2) is 11.5. The zero-order valence-electron chi connectivity index (χ0n) is 12.7. The number of carboxylic acid groups (broad SMARTS) is 1. The van der Waals surface area contributed by atoms with Crippen LogP contribution in [0.15, 0.2) is 12.1 Å². The number of carbonyl (C=O) groups excluding carboxylic acids is 1. The Bertz CT molecular complexity index is 412. The Hall–Kier alpha value is -1.16. The number of hydrogen-bond donors (Lipinski definition) is 1. The van der Waals surface area contributed by atoms with Crippen LogP contribution in [-0.4, -0.2) is 17.4 Å². The minimum absolute atomic E-state index is 0.444. The fourth-order valence-electron chi connectivity index (χ4n) is 2.39. The minimum atomic E-state index is -0.820. The van der Waals surface area contributed by atoms with E-state index >= 15 is 0 Å². The van der Waals surface area contributed by atoms with Crippen LogP contribution in [0.2, 0.25) is 0 Å². The third-order valence-electron chi connectivity index (χ3n) is 3.62. The maximum absolute atomic E-state index is 10.8. The highest BCUT2D eigenvalue weighted by Gasteiger charge is 2.06. The summed E-state index contributed by atoms with van der Waals surface area (Å²) in [6.45, 7) is 0. The van der Waals surface area contributed by atoms with Gasteiger partial charge in [0.1, 0.15) is 11.2 Å². The lowest BCUT2D eigenvalue weighted by atomic mass is 10.1. The van der Waals surface area contributed by atoms with E-state index in [0.29, 0.717) is 11.3 Å². The van der Waals surface area contributed by atoms with Crippen LogP contribution in [0, 0.1) is 0 Å². The first kappa shape index (κ1) is 17.9. The third kappa shape index (κ3) is 8.66. The standard InChI is InChI=1S/C17H26O3S/c18-14-10-8-6-4-2-1-3-5-7-9-11-15-12-13-16(21-15)17(19)20/h12-14H,1-11H2,(H,19,20). The normalized spacial score (nSPS) is 10.7. The second-order valence-corrected chi connectivity index (χ2v) is 6.63. The molecule has 0 amide bonds. The van der Waals surface area contributed by atoms with Gasteiger partial charge in [-0.05, 0) is 31.4 Å². The van der Waals surface area contributed by atoms with E-state index in [-0.39, 0.29) is 0 Å². The summed E-state index contributed by atoms with van der Waals surface area (Å²) >= 11 is 1.40. The summed E-state index contributed by atoms with van der Waals surface area (Å²) in [6.07, 6.45) is 13.7. The molecule has 1 aromatic rings. The van der Waals surface area contributed by atoms with E-state index in [1.807, 2.05) is 6.07 Å². The molecule has 0 radical (unpaired) electrons. The molecule has 0 fully saturated rings. The predicted molar refractivity (Wildman–Crippen MR) is 87.2 cm³/mol. The summed E-state index contributed by atoms with van der Waals surface area (Å²) in [5.41, 5.74) is 0. The van der Waals surface area contributed by atoms with Crippen molar-refractivity contribution < 1.29 is 14.7 Å². The average Bonchev–Trinajstić information content (AvgIpc) is 2.94. The lowest BCUT2D eigenvalue weighted by molar-refractivity contribution is -0.107. The summed E-state index contributed by atoms with van der Waals surface area (Å²) < 4.78 is 0. The lowest BCUT2D eigenvalue weighted by Gasteiger charge is -2.01. The van der Waals surface area contributed by atoms with Crippen LogP contribution >= 0.6 is 11.3 Å². The Morgan fingerprint density at radius 1 is 0.952 bits per heavy atom. The number of rotatable bonds is 13. The molecule has 4 heteroatoms. The van der Waals surface area contributed by atoms with Crippen molar-refractivity contribution in [2.24, 2.45) is 0 Å². The SMILES string of the molecule is O=CCCCCCCCCCCCc1ccc(C(=O)O)s1. The van der Waals surface area contributed by atoms with Gasteiger partial charge in [0.05, 0.1) is 0 Å². The molecule has 0 aliphatic heterocycles. The maximum atomic E-state index is 10.8. The van der Waals surface area contributed by atoms with Gasteiger partial charge in [0, 0.05) is 11.3 Å². The molecule has 3 nitrogen and oxygen atoms in total. The van der Waals surface area contributed by atoms with Crippen LogP contribution in [-0.2, 0) is 11.2 Å². The van der Waals surface area contributed by atoms with Crippen LogP contribution in [0.25, 0.3) is 0 Å². The van der Waals surface area contributed by atoms with E-state index in [0.717, 1.165) is 25.5 Å². The number of hydrogen-bond acceptors (Lipinski definition) is 3. The van der Waals surface area contributed by atoms with Crippen molar-refractivity contribution in [2.45, 2.75) is 70.6 Å². The minimum Gasteiger partial charge on any atom is -0.477 e. The zero-order valence-corrected chi connectivity index (χ0v) is 13.5. The van der Waals surface area contributed by atoms with Gasteiger partial charge in [-0.1, -0.05) is 44.9 Å². The van der Waals surface area contributed by atoms with Gasteiger partial charge in [-0.2, -0.15) is 0 Å². The van der Waals surface area contributed by atoms with E-state index in [9.17, 15) is 9.59 Å². The molecule has 1 N–H and O–H groups in total. The van der Waals surface area contributed by atoms with Gasteiger partial charge in [0.25, 0.3) is 0 Å². The molecule has 1 rings (SSSR count). The molecule has 0 atom stereocenters. The van der Waals surface area contributed by atoms with Crippen molar-refractivity contribution in [2.75, 3.05) is 0 Å². The second-order valence-electron chi connectivity index (χ2n) is 5.46. The predicted octanol–water partition coefficient (Wildman–Crippen LogP) is 5.09. The Kier molecular flexibility index (Phi) is 9.79. The monoisotopic (exact) mass is 310 g/mol. The molecule has 0 spiro atoms. The van der Waals surface area contributed by atoms with Crippen LogP contribution in [0.4, 0.5) is 0 Å². The smallest absolute Gasteiger partial charge is 0.345 e. The van der Waals surface area contributed by atoms with Crippen molar-refractivity contribution in [3.05, 3.63) is 21.9 Å². The van der Waals surface area contributed by atoms with E-state index in [2.05, 4.69) is 0 Å². The number of thiophene rings is 1. The summed E-state index contributed by atoms with van der Waals surface area (Å²) in [6, 6.07) is 3.64. The van der Waals surface area contributed by atoms with Crippen molar-refractivity contribution in [1.29, 1.82) is 0 Å². The van der Waals surface area contributed by atoms with E-state index < -0.39 is 5.97 Å². The van der Waals surface area contributed by atoms with E-state index in [1.165, 1.54) is 61.2 Å². The fraction of sp³-hybridized carbons (Fsp3) is 0.647. The summed E-state index contributed by atoms with van der Waals surface area (Å²) in [5, 5.41) is 8.85. The fourth-order valence-corrected chi connectivity index (χ4v) is 3.28. The summed E-state index contributed by atoms with van der Waals surface area (Å²) in [5.74, 6) is -0.820. The number of carbonyl (C=O) groups is 2. The van der Waals surface area contributed by atoms with Crippen molar-refractivity contribution >= 4 is 23.6 Å². The Morgan fingerprint density at radius 3 is 2.05 bits per heavy atom. The molecule has 0 saturated carbocycles. The van der Waals surface area contributed by atoms with Crippen molar-refractivity contribution in [3.8, 4) is 0 Å². The lowest BCUT2D eigenvalue weighted by Crippen LogP contribution is -1.89. The van der Waals surface area contributed by atoms with E-state index in [1.54, 1.807) is 6.07 Å². The summed E-state index contributed by atoms with van der Waals surface area (Å²) in [4.78, 5) is 22.5. The molecule has 1 aromatic heterocycles. The first-order valence-electron chi connectivity index (χ1n) is 7.99. The van der Waals surface area contributed by atoms with Crippen molar-refractivity contribution in [1.82, 2.24) is 0 Å². The van der Waals surface area contributed by atoms with Gasteiger partial charge < -0.3 is 9.90 Å². The van der Waals surface area contributed by atoms with Crippen LogP contribution in [0.1, 0.15) is 78.8 Å². The van der Waals surface area contributed by atoms with Gasteiger partial charge in [-0.25, -0.2) is 4.79 Å². The third-order valence-corrected chi connectivity index (χ3v) is 4.75. The molecule has 0 aliphatic carbocycles. The maximum Gasteiger partial charge on any atom is 0.345 e. The number of carboxylic acids is 1. The molecule has 0 aliphatic rings. The topological polar surface area (TPSA) is 54.4 Å². The van der Waals surface area contributed by atoms with Gasteiger partial charge in [0.15, 0.2) is 0 Å². The van der Waals surface area contributed by atoms with Gasteiger partial charge in [-0.3, -0.25) is 0 Å². The highest BCUT2D eigenvalue weighted by molar-refractivity contribution is 7.13. The first-order chi connectivity index (χ1) is 10.2. The molecule has 0 unspecified atom stereocenters. The number of unbranched alkanes of at least 4 members (excludes halogenated alkanes) is 9. The summed E-state index contributed by atoms with van der Waals surface area (Å²) in [7, 11) is 0. The number of aryl methyl sites for hydroxylation is 1. The Morgan fingerprint density at radius 2 is 1.52 bits per heavy atom. The Labute approximate surface area is 131 Å². The average molecular weight is 310 g/mol. The number of aromatic carboxylic acids is 1. The quantitative estimate of drug-likeness (QED) is 0.408. The molecule has 0 aromatic carbocycles. The van der Waals surface area contributed by atoms with E-state index in [4.69, 9.17) is 5.11 Å². The Balaban J connectivity index is 1.90. The van der Waals surface area contributed by atoms with Crippen LogP contribution < -0.4 is 0 Å².